The van der Waals surface area contributed by atoms with Crippen molar-refractivity contribution in [1.82, 2.24) is 15.3 Å². The smallest absolute Gasteiger partial charge is 0.230 e. The van der Waals surface area contributed by atoms with Gasteiger partial charge in [0.25, 0.3) is 0 Å². The molecular formula is C15H16FN3OS. The third kappa shape index (κ3) is 4.07. The number of H-pyrrole nitrogens is 1. The topological polar surface area (TPSA) is 57.8 Å². The van der Waals surface area contributed by atoms with Crippen LogP contribution in [0.15, 0.2) is 35.6 Å². The van der Waals surface area contributed by atoms with Gasteiger partial charge in [-0.2, -0.15) is 0 Å². The molecule has 0 radical (unpaired) electrons. The fraction of sp³-hybridized carbons (Fsp3) is 0.333. The zero-order valence-corrected chi connectivity index (χ0v) is 12.3. The van der Waals surface area contributed by atoms with Gasteiger partial charge in [-0.15, -0.1) is 0 Å². The molecule has 1 aliphatic rings. The van der Waals surface area contributed by atoms with Gasteiger partial charge in [0, 0.05) is 6.54 Å². The van der Waals surface area contributed by atoms with Crippen LogP contribution >= 0.6 is 11.8 Å². The molecule has 1 aromatic heterocycles. The molecule has 0 bridgehead atoms. The van der Waals surface area contributed by atoms with E-state index in [1.807, 2.05) is 0 Å². The Kier molecular flexibility index (Phi) is 4.24. The SMILES string of the molecule is O=C(CSc1ncc(-c2ccc(F)cc2)[nH]1)NCC1CC1. The van der Waals surface area contributed by atoms with E-state index >= 15 is 0 Å². The van der Waals surface area contributed by atoms with Crippen molar-refractivity contribution in [1.29, 1.82) is 0 Å². The van der Waals surface area contributed by atoms with Gasteiger partial charge >= 0.3 is 0 Å². The second kappa shape index (κ2) is 6.30. The molecule has 0 atom stereocenters. The van der Waals surface area contributed by atoms with Crippen LogP contribution in [0.3, 0.4) is 0 Å². The maximum atomic E-state index is 12.9. The van der Waals surface area contributed by atoms with Crippen molar-refractivity contribution in [2.24, 2.45) is 5.92 Å². The van der Waals surface area contributed by atoms with Gasteiger partial charge in [-0.3, -0.25) is 4.79 Å². The lowest BCUT2D eigenvalue weighted by molar-refractivity contribution is -0.118. The zero-order valence-electron chi connectivity index (χ0n) is 11.4. The van der Waals surface area contributed by atoms with Crippen molar-refractivity contribution in [2.45, 2.75) is 18.0 Å². The van der Waals surface area contributed by atoms with Gasteiger partial charge in [0.05, 0.1) is 17.6 Å². The van der Waals surface area contributed by atoms with Crippen LogP contribution in [0.5, 0.6) is 0 Å². The summed E-state index contributed by atoms with van der Waals surface area (Å²) in [6.07, 6.45) is 4.15. The van der Waals surface area contributed by atoms with E-state index in [1.165, 1.54) is 36.7 Å². The molecule has 1 aliphatic carbocycles. The first kappa shape index (κ1) is 14.1. The Labute approximate surface area is 126 Å². The monoisotopic (exact) mass is 305 g/mol. The number of aromatic amines is 1. The first-order valence-electron chi connectivity index (χ1n) is 6.91. The number of thioether (sulfide) groups is 1. The van der Waals surface area contributed by atoms with Crippen molar-refractivity contribution in [3.05, 3.63) is 36.3 Å². The highest BCUT2D eigenvalue weighted by Gasteiger charge is 2.21. The van der Waals surface area contributed by atoms with Gasteiger partial charge < -0.3 is 10.3 Å². The molecule has 0 spiro atoms. The number of amides is 1. The van der Waals surface area contributed by atoms with Crippen LogP contribution in [0.2, 0.25) is 0 Å². The van der Waals surface area contributed by atoms with E-state index in [1.54, 1.807) is 18.3 Å². The number of benzene rings is 1. The first-order chi connectivity index (χ1) is 10.2. The average molecular weight is 305 g/mol. The van der Waals surface area contributed by atoms with E-state index in [4.69, 9.17) is 0 Å². The van der Waals surface area contributed by atoms with Crippen molar-refractivity contribution >= 4 is 17.7 Å². The summed E-state index contributed by atoms with van der Waals surface area (Å²) in [5, 5.41) is 3.61. The number of hydrogen-bond donors (Lipinski definition) is 2. The van der Waals surface area contributed by atoms with Gasteiger partial charge in [0.1, 0.15) is 5.82 Å². The molecule has 110 valence electrons. The molecule has 1 amide bonds. The van der Waals surface area contributed by atoms with Gasteiger partial charge in [-0.25, -0.2) is 9.37 Å². The molecule has 2 N–H and O–H groups in total. The van der Waals surface area contributed by atoms with Crippen LogP contribution in [-0.4, -0.2) is 28.2 Å². The van der Waals surface area contributed by atoms with Crippen molar-refractivity contribution in [3.8, 4) is 11.3 Å². The zero-order chi connectivity index (χ0) is 14.7. The molecule has 21 heavy (non-hydrogen) atoms. The van der Waals surface area contributed by atoms with E-state index < -0.39 is 0 Å². The highest BCUT2D eigenvalue weighted by Crippen LogP contribution is 2.27. The third-order valence-corrected chi connectivity index (χ3v) is 4.22. The first-order valence-corrected chi connectivity index (χ1v) is 7.90. The van der Waals surface area contributed by atoms with Gasteiger partial charge in [0.15, 0.2) is 5.16 Å². The Hall–Kier alpha value is -1.82. The Balaban J connectivity index is 1.52. The number of carbonyl (C=O) groups is 1. The molecule has 2 aromatic rings. The minimum absolute atomic E-state index is 0.0339. The number of aromatic nitrogens is 2. The quantitative estimate of drug-likeness (QED) is 0.807. The van der Waals surface area contributed by atoms with Crippen LogP contribution in [0.1, 0.15) is 12.8 Å². The highest BCUT2D eigenvalue weighted by atomic mass is 32.2. The molecular weight excluding hydrogens is 289 g/mol. The summed E-state index contributed by atoms with van der Waals surface area (Å²) in [5.74, 6) is 0.808. The van der Waals surface area contributed by atoms with Crippen LogP contribution in [0, 0.1) is 11.7 Å². The number of carbonyl (C=O) groups excluding carboxylic acids is 1. The maximum Gasteiger partial charge on any atom is 0.230 e. The molecule has 1 saturated carbocycles. The number of rotatable bonds is 6. The molecule has 0 unspecified atom stereocenters. The van der Waals surface area contributed by atoms with Crippen LogP contribution in [0.4, 0.5) is 4.39 Å². The number of imidazole rings is 1. The summed E-state index contributed by atoms with van der Waals surface area (Å²) in [5.41, 5.74) is 1.69. The summed E-state index contributed by atoms with van der Waals surface area (Å²) in [6.45, 7) is 0.790. The van der Waals surface area contributed by atoms with Gasteiger partial charge in [0.2, 0.25) is 5.91 Å². The van der Waals surface area contributed by atoms with E-state index in [9.17, 15) is 9.18 Å². The summed E-state index contributed by atoms with van der Waals surface area (Å²) in [7, 11) is 0. The lowest BCUT2D eigenvalue weighted by Gasteiger charge is -2.02. The lowest BCUT2D eigenvalue weighted by Crippen LogP contribution is -2.27. The predicted octanol–water partition coefficient (Wildman–Crippen LogP) is 2.83. The Morgan fingerprint density at radius 3 is 2.86 bits per heavy atom. The Bertz CT molecular complexity index is 622. The largest absolute Gasteiger partial charge is 0.355 e. The summed E-state index contributed by atoms with van der Waals surface area (Å²) in [6, 6.07) is 6.21. The minimum Gasteiger partial charge on any atom is -0.355 e. The number of nitrogens with one attached hydrogen (secondary N) is 2. The fourth-order valence-corrected chi connectivity index (χ4v) is 2.60. The van der Waals surface area contributed by atoms with Crippen molar-refractivity contribution in [2.75, 3.05) is 12.3 Å². The number of hydrogen-bond acceptors (Lipinski definition) is 3. The van der Waals surface area contributed by atoms with Crippen molar-refractivity contribution in [3.63, 3.8) is 0 Å². The standard InChI is InChI=1S/C15H16FN3OS/c16-12-5-3-11(4-6-12)13-8-18-15(19-13)21-9-14(20)17-7-10-1-2-10/h3-6,8,10H,1-2,7,9H2,(H,17,20)(H,18,19). The van der Waals surface area contributed by atoms with E-state index in [-0.39, 0.29) is 11.7 Å². The lowest BCUT2D eigenvalue weighted by atomic mass is 10.2. The predicted molar refractivity (Wildman–Crippen MR) is 80.4 cm³/mol. The Morgan fingerprint density at radius 2 is 2.14 bits per heavy atom. The molecule has 1 aromatic carbocycles. The molecule has 0 saturated heterocycles. The van der Waals surface area contributed by atoms with E-state index in [0.29, 0.717) is 16.8 Å². The summed E-state index contributed by atoms with van der Waals surface area (Å²) in [4.78, 5) is 19.0. The van der Waals surface area contributed by atoms with Crippen LogP contribution in [-0.2, 0) is 4.79 Å². The van der Waals surface area contributed by atoms with Gasteiger partial charge in [-0.05, 0) is 48.6 Å². The summed E-state index contributed by atoms with van der Waals surface area (Å²) < 4.78 is 12.9. The minimum atomic E-state index is -0.264. The molecule has 1 fully saturated rings. The molecule has 1 heterocycles. The highest BCUT2D eigenvalue weighted by molar-refractivity contribution is 7.99. The summed E-state index contributed by atoms with van der Waals surface area (Å²) >= 11 is 1.37. The Morgan fingerprint density at radius 1 is 1.38 bits per heavy atom. The second-order valence-electron chi connectivity index (χ2n) is 5.15. The molecule has 6 heteroatoms. The van der Waals surface area contributed by atoms with Crippen molar-refractivity contribution < 1.29 is 9.18 Å². The van der Waals surface area contributed by atoms with E-state index in [2.05, 4.69) is 15.3 Å². The average Bonchev–Trinajstić information content (AvgIpc) is 3.20. The van der Waals surface area contributed by atoms with Crippen LogP contribution in [0.25, 0.3) is 11.3 Å². The number of halogens is 1. The van der Waals surface area contributed by atoms with E-state index in [0.717, 1.165) is 17.8 Å². The fourth-order valence-electron chi connectivity index (χ4n) is 1.92. The second-order valence-corrected chi connectivity index (χ2v) is 6.11. The maximum absolute atomic E-state index is 12.9. The number of nitrogens with zero attached hydrogens (tertiary/aromatic N) is 1. The normalized spacial score (nSPS) is 14.1. The van der Waals surface area contributed by atoms with Crippen LogP contribution < -0.4 is 5.32 Å². The third-order valence-electron chi connectivity index (χ3n) is 3.33. The molecule has 4 nitrogen and oxygen atoms in total. The molecule has 3 rings (SSSR count). The van der Waals surface area contributed by atoms with Gasteiger partial charge in [-0.1, -0.05) is 11.8 Å². The molecule has 0 aliphatic heterocycles.